The van der Waals surface area contributed by atoms with Crippen molar-refractivity contribution in [2.45, 2.75) is 13.0 Å². The highest BCUT2D eigenvalue weighted by Gasteiger charge is 2.10. The number of nitrogens with zero attached hydrogens (tertiary/aromatic N) is 5. The number of hydrogen-bond donors (Lipinski definition) is 1. The van der Waals surface area contributed by atoms with E-state index in [1.807, 2.05) is 26.2 Å². The molecule has 0 spiro atoms. The summed E-state index contributed by atoms with van der Waals surface area (Å²) in [4.78, 5) is 3.81. The first-order valence-corrected chi connectivity index (χ1v) is 6.53. The van der Waals surface area contributed by atoms with E-state index in [4.69, 9.17) is 0 Å². The molecule has 108 valence electrons. The summed E-state index contributed by atoms with van der Waals surface area (Å²) in [7, 11) is 1.86. The Labute approximate surface area is 121 Å². The molecule has 3 aromatic rings. The summed E-state index contributed by atoms with van der Waals surface area (Å²) in [6, 6.07) is 4.97. The molecule has 0 bridgehead atoms. The highest BCUT2D eigenvalue weighted by atomic mass is 19.1. The number of anilines is 1. The second kappa shape index (κ2) is 5.35. The van der Waals surface area contributed by atoms with Crippen LogP contribution in [0.2, 0.25) is 0 Å². The SMILES string of the molecule is CC(Nc1ccc(-n2cncn2)c(F)c1)c1cnn(C)c1. The summed E-state index contributed by atoms with van der Waals surface area (Å²) < 4.78 is 17.3. The molecule has 0 amide bonds. The van der Waals surface area contributed by atoms with Gasteiger partial charge in [-0.15, -0.1) is 0 Å². The van der Waals surface area contributed by atoms with Crippen LogP contribution in [0.15, 0.2) is 43.2 Å². The smallest absolute Gasteiger partial charge is 0.150 e. The second-order valence-electron chi connectivity index (χ2n) is 4.82. The summed E-state index contributed by atoms with van der Waals surface area (Å²) in [6.45, 7) is 2.00. The minimum absolute atomic E-state index is 0.0373. The number of benzene rings is 1. The fourth-order valence-electron chi connectivity index (χ4n) is 2.11. The first-order chi connectivity index (χ1) is 10.1. The molecule has 1 N–H and O–H groups in total. The molecule has 2 heterocycles. The molecule has 7 heteroatoms. The standard InChI is InChI=1S/C14H15FN6/c1-10(11-6-17-20(2)7-11)19-12-3-4-14(13(15)5-12)21-9-16-8-18-21/h3-10,19H,1-2H3. The molecule has 1 unspecified atom stereocenters. The van der Waals surface area contributed by atoms with Crippen molar-refractivity contribution < 1.29 is 4.39 Å². The molecule has 2 aromatic heterocycles. The van der Waals surface area contributed by atoms with Crippen LogP contribution in [0.1, 0.15) is 18.5 Å². The Kier molecular flexibility index (Phi) is 3.39. The lowest BCUT2D eigenvalue weighted by Crippen LogP contribution is -2.07. The maximum absolute atomic E-state index is 14.1. The molecule has 0 saturated carbocycles. The van der Waals surface area contributed by atoms with Crippen molar-refractivity contribution in [2.75, 3.05) is 5.32 Å². The predicted octanol–water partition coefficient (Wildman–Crippen LogP) is 2.31. The van der Waals surface area contributed by atoms with Gasteiger partial charge in [-0.2, -0.15) is 10.2 Å². The summed E-state index contributed by atoms with van der Waals surface area (Å²) in [5, 5.41) is 11.3. The van der Waals surface area contributed by atoms with Crippen LogP contribution in [0.5, 0.6) is 0 Å². The van der Waals surface area contributed by atoms with Crippen LogP contribution < -0.4 is 5.32 Å². The minimum Gasteiger partial charge on any atom is -0.378 e. The van der Waals surface area contributed by atoms with E-state index >= 15 is 0 Å². The van der Waals surface area contributed by atoms with Crippen LogP contribution in [0.4, 0.5) is 10.1 Å². The van der Waals surface area contributed by atoms with E-state index in [2.05, 4.69) is 20.5 Å². The van der Waals surface area contributed by atoms with Crippen LogP contribution in [-0.2, 0) is 7.05 Å². The van der Waals surface area contributed by atoms with Gasteiger partial charge in [0.05, 0.1) is 12.2 Å². The van der Waals surface area contributed by atoms with Gasteiger partial charge < -0.3 is 5.32 Å². The van der Waals surface area contributed by atoms with E-state index in [0.29, 0.717) is 11.4 Å². The number of hydrogen-bond acceptors (Lipinski definition) is 4. The van der Waals surface area contributed by atoms with Gasteiger partial charge in [0.15, 0.2) is 5.82 Å². The maximum Gasteiger partial charge on any atom is 0.150 e. The molecule has 0 aliphatic heterocycles. The lowest BCUT2D eigenvalue weighted by atomic mass is 10.1. The van der Waals surface area contributed by atoms with E-state index in [9.17, 15) is 4.39 Å². The zero-order chi connectivity index (χ0) is 14.8. The van der Waals surface area contributed by atoms with E-state index in [1.165, 1.54) is 23.4 Å². The van der Waals surface area contributed by atoms with Gasteiger partial charge in [-0.25, -0.2) is 14.1 Å². The van der Waals surface area contributed by atoms with Gasteiger partial charge >= 0.3 is 0 Å². The lowest BCUT2D eigenvalue weighted by Gasteiger charge is -2.14. The van der Waals surface area contributed by atoms with Gasteiger partial charge in [-0.05, 0) is 25.1 Å². The summed E-state index contributed by atoms with van der Waals surface area (Å²) >= 11 is 0. The Morgan fingerprint density at radius 2 is 2.14 bits per heavy atom. The normalized spacial score (nSPS) is 12.3. The van der Waals surface area contributed by atoms with Gasteiger partial charge in [0.25, 0.3) is 0 Å². The molecule has 3 rings (SSSR count). The molecule has 0 aliphatic rings. The van der Waals surface area contributed by atoms with Crippen molar-refractivity contribution in [1.82, 2.24) is 24.5 Å². The lowest BCUT2D eigenvalue weighted by molar-refractivity contribution is 0.610. The molecular weight excluding hydrogens is 271 g/mol. The van der Waals surface area contributed by atoms with E-state index < -0.39 is 0 Å². The Hall–Kier alpha value is -2.70. The average molecular weight is 286 g/mol. The Balaban J connectivity index is 1.79. The van der Waals surface area contributed by atoms with E-state index in [1.54, 1.807) is 16.9 Å². The molecule has 0 aliphatic carbocycles. The topological polar surface area (TPSA) is 60.6 Å². The summed E-state index contributed by atoms with van der Waals surface area (Å²) in [6.07, 6.45) is 6.55. The first kappa shape index (κ1) is 13.3. The Morgan fingerprint density at radius 3 is 2.76 bits per heavy atom. The first-order valence-electron chi connectivity index (χ1n) is 6.53. The Morgan fingerprint density at radius 1 is 1.29 bits per heavy atom. The fraction of sp³-hybridized carbons (Fsp3) is 0.214. The average Bonchev–Trinajstić information content (AvgIpc) is 3.10. The molecule has 21 heavy (non-hydrogen) atoms. The van der Waals surface area contributed by atoms with Gasteiger partial charge in [0, 0.05) is 24.5 Å². The number of halogens is 1. The third-order valence-corrected chi connectivity index (χ3v) is 3.22. The fourth-order valence-corrected chi connectivity index (χ4v) is 2.11. The van der Waals surface area contributed by atoms with Crippen LogP contribution in [0, 0.1) is 5.82 Å². The quantitative estimate of drug-likeness (QED) is 0.799. The molecule has 6 nitrogen and oxygen atoms in total. The monoisotopic (exact) mass is 286 g/mol. The molecule has 1 aromatic carbocycles. The van der Waals surface area contributed by atoms with Crippen molar-refractivity contribution >= 4 is 5.69 Å². The predicted molar refractivity (Wildman–Crippen MR) is 76.6 cm³/mol. The zero-order valence-corrected chi connectivity index (χ0v) is 11.7. The van der Waals surface area contributed by atoms with Gasteiger partial charge in [-0.1, -0.05) is 0 Å². The minimum atomic E-state index is -0.358. The third-order valence-electron chi connectivity index (χ3n) is 3.22. The number of aromatic nitrogens is 5. The van der Waals surface area contributed by atoms with Crippen molar-refractivity contribution in [3.8, 4) is 5.69 Å². The van der Waals surface area contributed by atoms with Crippen molar-refractivity contribution in [3.63, 3.8) is 0 Å². The molecule has 0 radical (unpaired) electrons. The Bertz CT molecular complexity index is 734. The maximum atomic E-state index is 14.1. The van der Waals surface area contributed by atoms with Crippen LogP contribution in [0.25, 0.3) is 5.69 Å². The van der Waals surface area contributed by atoms with Gasteiger partial charge in [0.2, 0.25) is 0 Å². The van der Waals surface area contributed by atoms with Crippen LogP contribution in [0.3, 0.4) is 0 Å². The van der Waals surface area contributed by atoms with E-state index in [-0.39, 0.29) is 11.9 Å². The largest absolute Gasteiger partial charge is 0.378 e. The van der Waals surface area contributed by atoms with E-state index in [0.717, 1.165) is 5.56 Å². The molecule has 1 atom stereocenters. The second-order valence-corrected chi connectivity index (χ2v) is 4.82. The number of aryl methyl sites for hydroxylation is 1. The van der Waals surface area contributed by atoms with Crippen molar-refractivity contribution in [3.05, 3.63) is 54.6 Å². The van der Waals surface area contributed by atoms with Gasteiger partial charge in [0.1, 0.15) is 18.3 Å². The van der Waals surface area contributed by atoms with Crippen molar-refractivity contribution in [2.24, 2.45) is 7.05 Å². The molecular formula is C14H15FN6. The highest BCUT2D eigenvalue weighted by molar-refractivity contribution is 5.50. The van der Waals surface area contributed by atoms with Crippen LogP contribution in [-0.4, -0.2) is 24.5 Å². The number of nitrogens with one attached hydrogen (secondary N) is 1. The van der Waals surface area contributed by atoms with Gasteiger partial charge in [-0.3, -0.25) is 4.68 Å². The van der Waals surface area contributed by atoms with Crippen LogP contribution >= 0.6 is 0 Å². The number of rotatable bonds is 4. The third kappa shape index (κ3) is 2.76. The highest BCUT2D eigenvalue weighted by Crippen LogP contribution is 2.22. The molecule has 0 fully saturated rings. The van der Waals surface area contributed by atoms with Crippen molar-refractivity contribution in [1.29, 1.82) is 0 Å². The molecule has 0 saturated heterocycles. The summed E-state index contributed by atoms with van der Waals surface area (Å²) in [5.74, 6) is -0.358. The zero-order valence-electron chi connectivity index (χ0n) is 11.7. The summed E-state index contributed by atoms with van der Waals surface area (Å²) in [5.41, 5.74) is 2.11.